The molecule has 2 atom stereocenters. The second-order valence-electron chi connectivity index (χ2n) is 9.13. The summed E-state index contributed by atoms with van der Waals surface area (Å²) in [5.41, 5.74) is 8.88. The lowest BCUT2D eigenvalue weighted by Crippen LogP contribution is -2.64. The normalized spacial score (nSPS) is 22.1. The fourth-order valence-corrected chi connectivity index (χ4v) is 5.87. The second kappa shape index (κ2) is 9.88. The molecule has 2 unspecified atom stereocenters. The summed E-state index contributed by atoms with van der Waals surface area (Å²) >= 11 is 0. The van der Waals surface area contributed by atoms with Crippen LogP contribution in [0.4, 0.5) is 0 Å². The SMILES string of the molecule is CCCC(N)(CCCC1CCc2ccc(OC)cc2C1)N1CCN(S(C)(=O)=O)CC1=O. The maximum absolute atomic E-state index is 12.8. The third kappa shape index (κ3) is 5.79. The lowest BCUT2D eigenvalue weighted by molar-refractivity contribution is -0.142. The minimum absolute atomic E-state index is 0.108. The predicted octanol–water partition coefficient (Wildman–Crippen LogP) is 2.53. The van der Waals surface area contributed by atoms with Gasteiger partial charge in [-0.25, -0.2) is 8.42 Å². The molecule has 0 saturated carbocycles. The smallest absolute Gasteiger partial charge is 0.239 e. The molecule has 0 bridgehead atoms. The number of nitrogens with zero attached hydrogens (tertiary/aromatic N) is 2. The van der Waals surface area contributed by atoms with Gasteiger partial charge in [-0.2, -0.15) is 4.31 Å². The molecule has 174 valence electrons. The van der Waals surface area contributed by atoms with Crippen LogP contribution in [-0.2, 0) is 27.7 Å². The molecular weight excluding hydrogens is 414 g/mol. The molecule has 1 saturated heterocycles. The van der Waals surface area contributed by atoms with Crippen LogP contribution in [0, 0.1) is 5.92 Å². The molecule has 0 radical (unpaired) electrons. The van der Waals surface area contributed by atoms with E-state index in [-0.39, 0.29) is 12.5 Å². The largest absolute Gasteiger partial charge is 0.497 e. The average molecular weight is 452 g/mol. The minimum atomic E-state index is -3.36. The lowest BCUT2D eigenvalue weighted by Gasteiger charge is -2.45. The van der Waals surface area contributed by atoms with Crippen LogP contribution in [0.2, 0.25) is 0 Å². The molecule has 1 aromatic rings. The van der Waals surface area contributed by atoms with Crippen LogP contribution in [0.25, 0.3) is 0 Å². The van der Waals surface area contributed by atoms with Crippen molar-refractivity contribution in [3.05, 3.63) is 29.3 Å². The van der Waals surface area contributed by atoms with E-state index in [2.05, 4.69) is 19.1 Å². The number of hydrogen-bond donors (Lipinski definition) is 1. The highest BCUT2D eigenvalue weighted by molar-refractivity contribution is 7.88. The number of aryl methyl sites for hydroxylation is 1. The third-order valence-electron chi connectivity index (χ3n) is 6.84. The summed E-state index contributed by atoms with van der Waals surface area (Å²) in [5.74, 6) is 1.34. The Morgan fingerprint density at radius 3 is 2.65 bits per heavy atom. The van der Waals surface area contributed by atoms with Crippen molar-refractivity contribution in [1.82, 2.24) is 9.21 Å². The summed E-state index contributed by atoms with van der Waals surface area (Å²) in [6.45, 7) is 2.64. The Hall–Kier alpha value is -1.64. The molecule has 1 aliphatic heterocycles. The molecule has 1 aromatic carbocycles. The number of sulfonamides is 1. The zero-order valence-electron chi connectivity index (χ0n) is 19.1. The summed E-state index contributed by atoms with van der Waals surface area (Å²) in [5, 5.41) is 0. The fourth-order valence-electron chi connectivity index (χ4n) is 5.11. The Kier molecular flexibility index (Phi) is 7.65. The first-order chi connectivity index (χ1) is 14.7. The number of nitrogens with two attached hydrogens (primary N) is 1. The van der Waals surface area contributed by atoms with Gasteiger partial charge in [0.2, 0.25) is 15.9 Å². The van der Waals surface area contributed by atoms with E-state index >= 15 is 0 Å². The maximum Gasteiger partial charge on any atom is 0.239 e. The zero-order valence-corrected chi connectivity index (χ0v) is 19.9. The van der Waals surface area contributed by atoms with Gasteiger partial charge in [-0.15, -0.1) is 0 Å². The van der Waals surface area contributed by atoms with E-state index in [9.17, 15) is 13.2 Å². The molecule has 8 heteroatoms. The van der Waals surface area contributed by atoms with Gasteiger partial charge < -0.3 is 15.4 Å². The van der Waals surface area contributed by atoms with Gasteiger partial charge in [0, 0.05) is 13.1 Å². The topological polar surface area (TPSA) is 92.9 Å². The predicted molar refractivity (Wildman–Crippen MR) is 122 cm³/mol. The van der Waals surface area contributed by atoms with Gasteiger partial charge in [0.1, 0.15) is 5.75 Å². The molecule has 7 nitrogen and oxygen atoms in total. The Labute approximate surface area is 187 Å². The Morgan fingerprint density at radius 2 is 2.00 bits per heavy atom. The van der Waals surface area contributed by atoms with E-state index in [0.29, 0.717) is 19.0 Å². The number of hydrogen-bond acceptors (Lipinski definition) is 5. The summed E-state index contributed by atoms with van der Waals surface area (Å²) in [6.07, 6.45) is 8.87. The minimum Gasteiger partial charge on any atom is -0.497 e. The van der Waals surface area contributed by atoms with E-state index in [1.807, 2.05) is 6.07 Å². The molecule has 1 amide bonds. The highest BCUT2D eigenvalue weighted by Crippen LogP contribution is 2.33. The van der Waals surface area contributed by atoms with Crippen molar-refractivity contribution in [3.63, 3.8) is 0 Å². The Balaban J connectivity index is 1.58. The number of carbonyl (C=O) groups is 1. The van der Waals surface area contributed by atoms with Gasteiger partial charge in [0.25, 0.3) is 0 Å². The highest BCUT2D eigenvalue weighted by Gasteiger charge is 2.39. The summed E-state index contributed by atoms with van der Waals surface area (Å²) in [7, 11) is -1.66. The van der Waals surface area contributed by atoms with E-state index in [1.54, 1.807) is 12.0 Å². The van der Waals surface area contributed by atoms with Crippen LogP contribution < -0.4 is 10.5 Å². The van der Waals surface area contributed by atoms with Crippen LogP contribution >= 0.6 is 0 Å². The molecule has 1 fully saturated rings. The number of carbonyl (C=O) groups excluding carboxylic acids is 1. The number of benzene rings is 1. The molecule has 31 heavy (non-hydrogen) atoms. The molecule has 0 aromatic heterocycles. The first-order valence-electron chi connectivity index (χ1n) is 11.4. The number of piperazine rings is 1. The molecule has 1 heterocycles. The number of ether oxygens (including phenoxy) is 1. The van der Waals surface area contributed by atoms with Gasteiger partial charge in [-0.1, -0.05) is 19.4 Å². The average Bonchev–Trinajstić information content (AvgIpc) is 2.72. The number of fused-ring (bicyclic) bond motifs is 1. The van der Waals surface area contributed by atoms with Crippen LogP contribution in [0.15, 0.2) is 18.2 Å². The number of rotatable bonds is 9. The van der Waals surface area contributed by atoms with Gasteiger partial charge in [-0.3, -0.25) is 4.79 Å². The van der Waals surface area contributed by atoms with E-state index in [0.717, 1.165) is 57.0 Å². The van der Waals surface area contributed by atoms with Crippen LogP contribution in [-0.4, -0.2) is 62.2 Å². The second-order valence-corrected chi connectivity index (χ2v) is 11.1. The summed E-state index contributed by atoms with van der Waals surface area (Å²) in [4.78, 5) is 14.5. The Morgan fingerprint density at radius 1 is 1.23 bits per heavy atom. The molecule has 0 spiro atoms. The van der Waals surface area contributed by atoms with E-state index < -0.39 is 15.7 Å². The molecule has 3 rings (SSSR count). The standard InChI is InChI=1S/C23H37N3O4S/c1-4-11-23(24,26-14-13-25(17-22(26)27)31(3,28)29)12-5-6-18-7-8-19-9-10-21(30-2)16-20(19)15-18/h9-10,16,18H,4-8,11-15,17,24H2,1-3H3. The van der Waals surface area contributed by atoms with Crippen molar-refractivity contribution < 1.29 is 17.9 Å². The van der Waals surface area contributed by atoms with E-state index in [1.165, 1.54) is 21.9 Å². The monoisotopic (exact) mass is 451 g/mol. The van der Waals surface area contributed by atoms with Crippen LogP contribution in [0.1, 0.15) is 56.6 Å². The van der Waals surface area contributed by atoms with Gasteiger partial charge in [-0.05, 0) is 74.1 Å². The van der Waals surface area contributed by atoms with Crippen molar-refractivity contribution in [1.29, 1.82) is 0 Å². The van der Waals surface area contributed by atoms with Crippen molar-refractivity contribution >= 4 is 15.9 Å². The quantitative estimate of drug-likeness (QED) is 0.623. The number of amides is 1. The summed E-state index contributed by atoms with van der Waals surface area (Å²) < 4.78 is 30.2. The third-order valence-corrected chi connectivity index (χ3v) is 8.09. The van der Waals surface area contributed by atoms with Gasteiger partial charge in [0.05, 0.1) is 25.6 Å². The van der Waals surface area contributed by atoms with Crippen LogP contribution in [0.3, 0.4) is 0 Å². The Bertz CT molecular complexity index is 889. The fraction of sp³-hybridized carbons (Fsp3) is 0.696. The maximum atomic E-state index is 12.8. The first kappa shape index (κ1) is 24.0. The zero-order chi connectivity index (χ0) is 22.6. The summed E-state index contributed by atoms with van der Waals surface area (Å²) in [6, 6.07) is 6.37. The van der Waals surface area contributed by atoms with Gasteiger partial charge >= 0.3 is 0 Å². The van der Waals surface area contributed by atoms with E-state index in [4.69, 9.17) is 10.5 Å². The van der Waals surface area contributed by atoms with Crippen molar-refractivity contribution in [2.24, 2.45) is 11.7 Å². The molecule has 1 aliphatic carbocycles. The van der Waals surface area contributed by atoms with Crippen molar-refractivity contribution in [2.75, 3.05) is 33.0 Å². The van der Waals surface area contributed by atoms with Gasteiger partial charge in [0.15, 0.2) is 0 Å². The molecule has 2 aliphatic rings. The first-order valence-corrected chi connectivity index (χ1v) is 13.2. The highest BCUT2D eigenvalue weighted by atomic mass is 32.2. The molecular formula is C23H37N3O4S. The van der Waals surface area contributed by atoms with Crippen molar-refractivity contribution in [3.8, 4) is 5.75 Å². The molecule has 2 N–H and O–H groups in total. The lowest BCUT2D eigenvalue weighted by atomic mass is 9.80. The number of methoxy groups -OCH3 is 1. The van der Waals surface area contributed by atoms with Crippen molar-refractivity contribution in [2.45, 2.75) is 64.0 Å². The van der Waals surface area contributed by atoms with Crippen LogP contribution in [0.5, 0.6) is 5.75 Å².